The highest BCUT2D eigenvalue weighted by Gasteiger charge is 1.99. The third-order valence-electron chi connectivity index (χ3n) is 1.90. The van der Waals surface area contributed by atoms with Crippen LogP contribution in [0.3, 0.4) is 0 Å². The molecule has 0 atom stereocenters. The van der Waals surface area contributed by atoms with E-state index in [1.165, 1.54) is 7.11 Å². The lowest BCUT2D eigenvalue weighted by Crippen LogP contribution is -2.21. The van der Waals surface area contributed by atoms with Crippen LogP contribution in [0.4, 0.5) is 0 Å². The first-order valence-electron chi connectivity index (χ1n) is 4.98. The first-order valence-corrected chi connectivity index (χ1v) is 4.98. The number of ketones is 1. The summed E-state index contributed by atoms with van der Waals surface area (Å²) in [6.45, 7) is 1.60. The maximum Gasteiger partial charge on any atom is 0.243 e. The molecule has 0 aliphatic carbocycles. The molecule has 0 fully saturated rings. The summed E-state index contributed by atoms with van der Waals surface area (Å²) in [5.74, 6) is 0.154. The number of nitrogens with one attached hydrogen (secondary N) is 1. The number of carbonyl (C=O) groups excluding carboxylic acids is 2. The molecule has 0 radical (unpaired) electrons. The van der Waals surface area contributed by atoms with Crippen LogP contribution in [-0.2, 0) is 14.4 Å². The fourth-order valence-electron chi connectivity index (χ4n) is 1.18. The van der Waals surface area contributed by atoms with Gasteiger partial charge in [0.05, 0.1) is 7.11 Å². The van der Waals surface area contributed by atoms with Crippen LogP contribution < -0.4 is 5.48 Å². The molecule has 14 heavy (non-hydrogen) atoms. The van der Waals surface area contributed by atoms with Gasteiger partial charge in [0.15, 0.2) is 0 Å². The molecule has 0 aliphatic heterocycles. The van der Waals surface area contributed by atoms with Crippen molar-refractivity contribution in [2.45, 2.75) is 45.4 Å². The molecule has 1 amide bonds. The molecule has 4 heteroatoms. The Balaban J connectivity index is 3.13. The predicted octanol–water partition coefficient (Wildman–Crippen LogP) is 1.59. The van der Waals surface area contributed by atoms with E-state index in [-0.39, 0.29) is 11.7 Å². The van der Waals surface area contributed by atoms with Crippen molar-refractivity contribution in [1.82, 2.24) is 5.48 Å². The minimum Gasteiger partial charge on any atom is -0.300 e. The summed E-state index contributed by atoms with van der Waals surface area (Å²) in [7, 11) is 1.42. The number of Topliss-reactive ketones (excluding diaryl/α,β-unsaturated/α-hetero) is 1. The molecule has 82 valence electrons. The lowest BCUT2D eigenvalue weighted by atomic mass is 10.1. The Labute approximate surface area is 85.0 Å². The van der Waals surface area contributed by atoms with Crippen LogP contribution in [0.25, 0.3) is 0 Å². The van der Waals surface area contributed by atoms with E-state index in [1.807, 2.05) is 0 Å². The topological polar surface area (TPSA) is 55.4 Å². The zero-order valence-electron chi connectivity index (χ0n) is 8.97. The smallest absolute Gasteiger partial charge is 0.243 e. The Hall–Kier alpha value is -0.900. The molecule has 0 spiro atoms. The summed E-state index contributed by atoms with van der Waals surface area (Å²) >= 11 is 0. The van der Waals surface area contributed by atoms with Gasteiger partial charge in [0.1, 0.15) is 5.78 Å². The number of unbranched alkanes of at least 4 members (excludes halogenated alkanes) is 3. The number of hydrogen-bond acceptors (Lipinski definition) is 3. The fraction of sp³-hybridized carbons (Fsp3) is 0.800. The SMILES string of the molecule is CONC(=O)CCCCCCC(C)=O. The fourth-order valence-corrected chi connectivity index (χ4v) is 1.18. The number of amides is 1. The van der Waals surface area contributed by atoms with Gasteiger partial charge < -0.3 is 4.79 Å². The first-order chi connectivity index (χ1) is 6.66. The van der Waals surface area contributed by atoms with Gasteiger partial charge in [0, 0.05) is 12.8 Å². The third kappa shape index (κ3) is 9.19. The molecular weight excluding hydrogens is 182 g/mol. The first kappa shape index (κ1) is 13.1. The summed E-state index contributed by atoms with van der Waals surface area (Å²) < 4.78 is 0. The molecule has 0 aromatic rings. The van der Waals surface area contributed by atoms with Crippen molar-refractivity contribution in [2.24, 2.45) is 0 Å². The average Bonchev–Trinajstić information content (AvgIpc) is 2.11. The minimum absolute atomic E-state index is 0.0842. The van der Waals surface area contributed by atoms with Gasteiger partial charge in [-0.15, -0.1) is 0 Å². The Kier molecular flexibility index (Phi) is 8.13. The highest BCUT2D eigenvalue weighted by atomic mass is 16.6. The lowest BCUT2D eigenvalue weighted by Gasteiger charge is -2.01. The molecule has 0 saturated heterocycles. The Morgan fingerprint density at radius 3 is 2.14 bits per heavy atom. The second kappa shape index (κ2) is 8.69. The van der Waals surface area contributed by atoms with Gasteiger partial charge in [-0.25, -0.2) is 5.48 Å². The van der Waals surface area contributed by atoms with Crippen LogP contribution in [0.2, 0.25) is 0 Å². The molecule has 1 N–H and O–H groups in total. The van der Waals surface area contributed by atoms with Gasteiger partial charge in [-0.3, -0.25) is 9.63 Å². The molecule has 0 aliphatic rings. The molecule has 0 bridgehead atoms. The summed E-state index contributed by atoms with van der Waals surface area (Å²) in [6, 6.07) is 0. The quantitative estimate of drug-likeness (QED) is 0.479. The maximum atomic E-state index is 10.9. The van der Waals surface area contributed by atoms with E-state index in [9.17, 15) is 9.59 Å². The van der Waals surface area contributed by atoms with Crippen molar-refractivity contribution in [3.8, 4) is 0 Å². The Morgan fingerprint density at radius 1 is 1.07 bits per heavy atom. The van der Waals surface area contributed by atoms with Crippen LogP contribution in [0.15, 0.2) is 0 Å². The summed E-state index contributed by atoms with van der Waals surface area (Å²) in [4.78, 5) is 26.0. The van der Waals surface area contributed by atoms with E-state index < -0.39 is 0 Å². The van der Waals surface area contributed by atoms with Gasteiger partial charge in [0.2, 0.25) is 5.91 Å². The van der Waals surface area contributed by atoms with Crippen molar-refractivity contribution < 1.29 is 14.4 Å². The number of rotatable bonds is 8. The zero-order chi connectivity index (χ0) is 10.8. The van der Waals surface area contributed by atoms with Gasteiger partial charge in [-0.2, -0.15) is 0 Å². The van der Waals surface area contributed by atoms with Crippen molar-refractivity contribution in [3.05, 3.63) is 0 Å². The average molecular weight is 201 g/mol. The standard InChI is InChI=1S/C10H19NO3/c1-9(12)7-5-3-4-6-8-10(13)11-14-2/h3-8H2,1-2H3,(H,11,13). The Bertz CT molecular complexity index is 180. The largest absolute Gasteiger partial charge is 0.300 e. The van der Waals surface area contributed by atoms with Crippen LogP contribution in [0.5, 0.6) is 0 Å². The monoisotopic (exact) mass is 201 g/mol. The van der Waals surface area contributed by atoms with E-state index >= 15 is 0 Å². The van der Waals surface area contributed by atoms with Crippen molar-refractivity contribution in [2.75, 3.05) is 7.11 Å². The van der Waals surface area contributed by atoms with E-state index in [0.29, 0.717) is 12.8 Å². The second-order valence-corrected chi connectivity index (χ2v) is 3.35. The molecular formula is C10H19NO3. The molecule has 0 rings (SSSR count). The zero-order valence-corrected chi connectivity index (χ0v) is 8.97. The molecule has 0 aromatic carbocycles. The van der Waals surface area contributed by atoms with Crippen LogP contribution in [0, 0.1) is 0 Å². The summed E-state index contributed by atoms with van der Waals surface area (Å²) in [5, 5.41) is 0. The Morgan fingerprint density at radius 2 is 1.64 bits per heavy atom. The van der Waals surface area contributed by atoms with Crippen molar-refractivity contribution in [1.29, 1.82) is 0 Å². The maximum absolute atomic E-state index is 10.9. The summed E-state index contributed by atoms with van der Waals surface area (Å²) in [5.41, 5.74) is 2.26. The van der Waals surface area contributed by atoms with Crippen LogP contribution in [-0.4, -0.2) is 18.8 Å². The normalized spacial score (nSPS) is 9.86. The second-order valence-electron chi connectivity index (χ2n) is 3.35. The van der Waals surface area contributed by atoms with E-state index in [1.54, 1.807) is 6.92 Å². The molecule has 0 saturated carbocycles. The number of carbonyl (C=O) groups is 2. The van der Waals surface area contributed by atoms with Gasteiger partial charge in [0.25, 0.3) is 0 Å². The number of hydrogen-bond donors (Lipinski definition) is 1. The van der Waals surface area contributed by atoms with Crippen LogP contribution >= 0.6 is 0 Å². The van der Waals surface area contributed by atoms with Gasteiger partial charge in [-0.05, 0) is 19.8 Å². The molecule has 4 nitrogen and oxygen atoms in total. The van der Waals surface area contributed by atoms with E-state index in [4.69, 9.17) is 0 Å². The predicted molar refractivity (Wildman–Crippen MR) is 53.5 cm³/mol. The molecule has 0 heterocycles. The van der Waals surface area contributed by atoms with Gasteiger partial charge >= 0.3 is 0 Å². The third-order valence-corrected chi connectivity index (χ3v) is 1.90. The molecule has 0 aromatic heterocycles. The van der Waals surface area contributed by atoms with Crippen molar-refractivity contribution in [3.63, 3.8) is 0 Å². The number of hydroxylamine groups is 1. The minimum atomic E-state index is -0.0842. The molecule has 0 unspecified atom stereocenters. The highest BCUT2D eigenvalue weighted by molar-refractivity contribution is 5.75. The van der Waals surface area contributed by atoms with E-state index in [2.05, 4.69) is 10.3 Å². The van der Waals surface area contributed by atoms with Crippen molar-refractivity contribution >= 4 is 11.7 Å². The van der Waals surface area contributed by atoms with E-state index in [0.717, 1.165) is 25.7 Å². The van der Waals surface area contributed by atoms with Gasteiger partial charge in [-0.1, -0.05) is 12.8 Å². The lowest BCUT2D eigenvalue weighted by molar-refractivity contribution is -0.131. The highest BCUT2D eigenvalue weighted by Crippen LogP contribution is 2.05. The van der Waals surface area contributed by atoms with Crippen LogP contribution in [0.1, 0.15) is 45.4 Å². The summed E-state index contributed by atoms with van der Waals surface area (Å²) in [6.07, 6.45) is 4.94.